The summed E-state index contributed by atoms with van der Waals surface area (Å²) in [6, 6.07) is 47.5. The number of thiophene rings is 3. The van der Waals surface area contributed by atoms with Crippen LogP contribution in [0.25, 0.3) is 99.1 Å². The third kappa shape index (κ3) is 6.26. The molecule has 4 aromatic heterocycles. The molecule has 16 rings (SSSR count). The van der Waals surface area contributed by atoms with Gasteiger partial charge in [0.1, 0.15) is 0 Å². The van der Waals surface area contributed by atoms with Gasteiger partial charge in [0.05, 0.1) is 21.4 Å². The third-order valence-electron chi connectivity index (χ3n) is 20.2. The Kier molecular flexibility index (Phi) is 9.30. The van der Waals surface area contributed by atoms with Crippen molar-refractivity contribution in [3.05, 3.63) is 149 Å². The molecular formula is C72H69BN2S3. The highest BCUT2D eigenvalue weighted by molar-refractivity contribution is 7.27. The molecule has 6 heteroatoms. The van der Waals surface area contributed by atoms with E-state index in [2.05, 4.69) is 222 Å². The monoisotopic (exact) mass is 1070 g/mol. The molecule has 2 aliphatic heterocycles. The van der Waals surface area contributed by atoms with Crippen molar-refractivity contribution in [2.75, 3.05) is 4.81 Å². The molecule has 0 fully saturated rings. The van der Waals surface area contributed by atoms with Gasteiger partial charge in [-0.15, -0.1) is 34.0 Å². The van der Waals surface area contributed by atoms with Crippen LogP contribution in [-0.4, -0.2) is 11.4 Å². The van der Waals surface area contributed by atoms with E-state index in [1.54, 1.807) is 0 Å². The van der Waals surface area contributed by atoms with Gasteiger partial charge >= 0.3 is 6.85 Å². The number of hydrogen-bond acceptors (Lipinski definition) is 4. The number of aromatic nitrogens is 1. The Hall–Kier alpha value is -5.92. The minimum atomic E-state index is -0.121. The Morgan fingerprint density at radius 3 is 1.67 bits per heavy atom. The van der Waals surface area contributed by atoms with Gasteiger partial charge in [-0.05, 0) is 187 Å². The van der Waals surface area contributed by atoms with Crippen molar-refractivity contribution < 1.29 is 0 Å². The highest BCUT2D eigenvalue weighted by atomic mass is 32.1. The molecule has 0 saturated carbocycles. The molecule has 0 saturated heterocycles. The van der Waals surface area contributed by atoms with E-state index in [9.17, 15) is 0 Å². The van der Waals surface area contributed by atoms with Crippen LogP contribution >= 0.6 is 34.0 Å². The van der Waals surface area contributed by atoms with Crippen molar-refractivity contribution >= 4 is 145 Å². The predicted octanol–water partition coefficient (Wildman–Crippen LogP) is 20.4. The van der Waals surface area contributed by atoms with Crippen molar-refractivity contribution in [3.63, 3.8) is 0 Å². The second-order valence-electron chi connectivity index (χ2n) is 29.0. The van der Waals surface area contributed by atoms with Gasteiger partial charge in [0.2, 0.25) is 0 Å². The van der Waals surface area contributed by atoms with Crippen molar-refractivity contribution in [1.82, 2.24) is 4.57 Å². The van der Waals surface area contributed by atoms with Crippen molar-refractivity contribution in [1.29, 1.82) is 0 Å². The summed E-state index contributed by atoms with van der Waals surface area (Å²) in [5.41, 5.74) is 21.4. The fourth-order valence-electron chi connectivity index (χ4n) is 15.4. The molecule has 8 aromatic carbocycles. The second-order valence-corrected chi connectivity index (χ2v) is 32.2. The molecule has 0 N–H and O–H groups in total. The highest BCUT2D eigenvalue weighted by Crippen LogP contribution is 2.58. The molecular weight excluding hydrogens is 1000 g/mol. The first kappa shape index (κ1) is 48.0. The first-order valence-electron chi connectivity index (χ1n) is 28.9. The molecule has 78 heavy (non-hydrogen) atoms. The van der Waals surface area contributed by atoms with Crippen LogP contribution in [0.2, 0.25) is 0 Å². The number of anilines is 2. The molecule has 2 nitrogen and oxygen atoms in total. The van der Waals surface area contributed by atoms with E-state index in [0.29, 0.717) is 0 Å². The van der Waals surface area contributed by atoms with Gasteiger partial charge in [0.15, 0.2) is 0 Å². The van der Waals surface area contributed by atoms with Gasteiger partial charge in [0, 0.05) is 83.5 Å². The normalized spacial score (nSPS) is 18.0. The molecule has 4 aliphatic rings. The van der Waals surface area contributed by atoms with Gasteiger partial charge in [0.25, 0.3) is 0 Å². The lowest BCUT2D eigenvalue weighted by Crippen LogP contribution is -2.60. The van der Waals surface area contributed by atoms with Gasteiger partial charge in [-0.2, -0.15) is 0 Å². The van der Waals surface area contributed by atoms with E-state index >= 15 is 0 Å². The second kappa shape index (κ2) is 15.1. The minimum Gasteiger partial charge on any atom is -0.376 e. The summed E-state index contributed by atoms with van der Waals surface area (Å²) >= 11 is 5.99. The number of fused-ring (bicyclic) bond motifs is 20. The summed E-state index contributed by atoms with van der Waals surface area (Å²) in [5.74, 6) is 0. The number of nitrogens with zero attached hydrogens (tertiary/aromatic N) is 2. The van der Waals surface area contributed by atoms with E-state index in [-0.39, 0.29) is 39.3 Å². The van der Waals surface area contributed by atoms with Gasteiger partial charge in [-0.3, -0.25) is 0 Å². The van der Waals surface area contributed by atoms with Crippen LogP contribution in [0.15, 0.2) is 115 Å². The zero-order chi connectivity index (χ0) is 53.9. The average Bonchev–Trinajstić information content (AvgIpc) is 2.80. The summed E-state index contributed by atoms with van der Waals surface area (Å²) in [7, 11) is 0. The van der Waals surface area contributed by atoms with Crippen molar-refractivity contribution in [2.45, 2.75) is 155 Å². The molecule has 2 aliphatic carbocycles. The lowest BCUT2D eigenvalue weighted by molar-refractivity contribution is 0.332. The molecule has 0 atom stereocenters. The van der Waals surface area contributed by atoms with E-state index in [1.165, 1.54) is 181 Å². The number of hydrogen-bond donors (Lipinski definition) is 0. The molecule has 0 radical (unpaired) electrons. The average molecular weight is 1070 g/mol. The van der Waals surface area contributed by atoms with E-state index in [0.717, 1.165) is 0 Å². The molecule has 0 unspecified atom stereocenters. The quantitative estimate of drug-likeness (QED) is 0.149. The lowest BCUT2D eigenvalue weighted by atomic mass is 9.43. The van der Waals surface area contributed by atoms with Crippen molar-refractivity contribution in [3.8, 4) is 16.8 Å². The SMILES string of the molecule is CC(C)(C)c1ccc2c(c1)c1cc(C(C)(C)C)cc3c1n2-c1c2c(cc4c1sc1ccccc14)-c1c(ccc4sc5cc6c(cc5c14)C(C)(C)CCC6(C)C)N(c1cccc4sc5cc6c(cc5c14)C(C)(C)CCC6(C)C)B23. The Morgan fingerprint density at radius 2 is 1.03 bits per heavy atom. The van der Waals surface area contributed by atoms with E-state index in [1.807, 2.05) is 34.0 Å². The maximum atomic E-state index is 2.89. The van der Waals surface area contributed by atoms with Crippen LogP contribution in [-0.2, 0) is 32.5 Å². The largest absolute Gasteiger partial charge is 0.376 e. The van der Waals surface area contributed by atoms with E-state index < -0.39 is 0 Å². The third-order valence-corrected chi connectivity index (χ3v) is 23.6. The van der Waals surface area contributed by atoms with E-state index in [4.69, 9.17) is 0 Å². The first-order chi connectivity index (χ1) is 36.9. The standard InChI is InChI=1S/C72H69BN2S3/c1-67(2,3)38-22-23-52-41(30-38)42-31-39(68(4,5)6)32-51-64(42)74(52)65-63-46(33-43-40-18-15-16-20-55(40)78-66(43)65)61-54(24-25-57-62(61)45-35-48-50(37-59(45)77-57)72(13,14)29-27-70(48,9)10)75(73(51)63)53-19-17-21-56-60(53)44-34-47-49(36-58(44)76-56)71(11,12)28-26-69(47,7)8/h15-25,30-37H,26-29H2,1-14H3. The van der Waals surface area contributed by atoms with Crippen LogP contribution in [0.3, 0.4) is 0 Å². The summed E-state index contributed by atoms with van der Waals surface area (Å²) in [4.78, 5) is 2.89. The minimum absolute atomic E-state index is 0.00786. The molecule has 388 valence electrons. The van der Waals surface area contributed by atoms with Crippen LogP contribution in [0, 0.1) is 0 Å². The lowest BCUT2D eigenvalue weighted by Gasteiger charge is -2.43. The number of rotatable bonds is 1. The van der Waals surface area contributed by atoms with Crippen molar-refractivity contribution in [2.24, 2.45) is 0 Å². The Bertz CT molecular complexity index is 4720. The Labute approximate surface area is 472 Å². The number of benzene rings is 8. The highest BCUT2D eigenvalue weighted by Gasteiger charge is 2.48. The maximum absolute atomic E-state index is 2.89. The smallest absolute Gasteiger partial charge is 0.333 e. The summed E-state index contributed by atoms with van der Waals surface area (Å²) in [6.07, 6.45) is 4.78. The fourth-order valence-corrected chi connectivity index (χ4v) is 18.9. The molecule has 12 aromatic rings. The van der Waals surface area contributed by atoms with Crippen LogP contribution in [0.5, 0.6) is 0 Å². The van der Waals surface area contributed by atoms with Crippen LogP contribution < -0.4 is 15.7 Å². The molecule has 0 amide bonds. The van der Waals surface area contributed by atoms with Gasteiger partial charge in [-0.25, -0.2) is 0 Å². The molecule has 0 bridgehead atoms. The zero-order valence-corrected chi connectivity index (χ0v) is 50.4. The summed E-state index contributed by atoms with van der Waals surface area (Å²) in [5, 5.41) is 11.0. The molecule has 6 heterocycles. The maximum Gasteiger partial charge on any atom is 0.333 e. The topological polar surface area (TPSA) is 8.17 Å². The van der Waals surface area contributed by atoms with Gasteiger partial charge in [-0.1, -0.05) is 133 Å². The fraction of sp³-hybridized carbons (Fsp3) is 0.333. The summed E-state index contributed by atoms with van der Waals surface area (Å²) < 4.78 is 11.0. The Balaban J connectivity index is 1.13. The van der Waals surface area contributed by atoms with Crippen LogP contribution in [0.1, 0.15) is 156 Å². The summed E-state index contributed by atoms with van der Waals surface area (Å²) in [6.45, 7) is 34.1. The van der Waals surface area contributed by atoms with Gasteiger partial charge < -0.3 is 9.38 Å². The predicted molar refractivity (Wildman–Crippen MR) is 346 cm³/mol. The van der Waals surface area contributed by atoms with Crippen LogP contribution in [0.4, 0.5) is 11.4 Å². The zero-order valence-electron chi connectivity index (χ0n) is 48.0. The first-order valence-corrected chi connectivity index (χ1v) is 31.3. The Morgan fingerprint density at radius 1 is 0.449 bits per heavy atom. The molecule has 0 spiro atoms.